The molecule has 1 saturated heterocycles. The highest BCUT2D eigenvalue weighted by Crippen LogP contribution is 2.26. The fourth-order valence-electron chi connectivity index (χ4n) is 2.21. The zero-order valence-corrected chi connectivity index (χ0v) is 12.1. The van der Waals surface area contributed by atoms with Crippen LogP contribution in [0.5, 0.6) is 0 Å². The quantitative estimate of drug-likeness (QED) is 0.865. The second kappa shape index (κ2) is 6.44. The van der Waals surface area contributed by atoms with Crippen molar-refractivity contribution in [3.63, 3.8) is 0 Å². The van der Waals surface area contributed by atoms with E-state index in [2.05, 4.69) is 24.4 Å². The highest BCUT2D eigenvalue weighted by molar-refractivity contribution is 7.99. The Bertz CT molecular complexity index is 442. The van der Waals surface area contributed by atoms with Gasteiger partial charge in [-0.2, -0.15) is 11.8 Å². The van der Waals surface area contributed by atoms with Gasteiger partial charge in [0.2, 0.25) is 5.91 Å². The highest BCUT2D eigenvalue weighted by atomic mass is 32.2. The van der Waals surface area contributed by atoms with Crippen molar-refractivity contribution < 1.29 is 9.90 Å². The number of aryl methyl sites for hydroxylation is 2. The maximum absolute atomic E-state index is 11.8. The predicted octanol–water partition coefficient (Wildman–Crippen LogP) is 1.91. The second-order valence-electron chi connectivity index (χ2n) is 5.29. The Balaban J connectivity index is 1.73. The molecule has 1 aromatic rings. The average Bonchev–Trinajstić information content (AvgIpc) is 2.82. The predicted molar refractivity (Wildman–Crippen MR) is 79.4 cm³/mol. The first kappa shape index (κ1) is 14.4. The van der Waals surface area contributed by atoms with E-state index in [1.807, 2.05) is 12.1 Å². The SMILES string of the molecule is Cc1cccc(CCC(=O)NCC2(O)CCSC2)c1. The number of carbonyl (C=O) groups excluding carboxylic acids is 1. The summed E-state index contributed by atoms with van der Waals surface area (Å²) in [5, 5.41) is 13.0. The molecule has 2 N–H and O–H groups in total. The van der Waals surface area contributed by atoms with Crippen molar-refractivity contribution in [2.24, 2.45) is 0 Å². The number of benzene rings is 1. The molecule has 4 heteroatoms. The molecule has 1 aliphatic rings. The van der Waals surface area contributed by atoms with E-state index in [1.165, 1.54) is 11.1 Å². The fourth-order valence-corrected chi connectivity index (χ4v) is 3.51. The lowest BCUT2D eigenvalue weighted by Gasteiger charge is -2.21. The van der Waals surface area contributed by atoms with E-state index >= 15 is 0 Å². The second-order valence-corrected chi connectivity index (χ2v) is 6.40. The van der Waals surface area contributed by atoms with Gasteiger partial charge in [0.25, 0.3) is 0 Å². The number of thioether (sulfide) groups is 1. The van der Waals surface area contributed by atoms with Crippen molar-refractivity contribution in [2.75, 3.05) is 18.1 Å². The van der Waals surface area contributed by atoms with Crippen LogP contribution in [0.4, 0.5) is 0 Å². The molecule has 3 nitrogen and oxygen atoms in total. The average molecular weight is 279 g/mol. The van der Waals surface area contributed by atoms with E-state index < -0.39 is 5.60 Å². The Morgan fingerprint density at radius 1 is 1.53 bits per heavy atom. The molecule has 1 aromatic carbocycles. The molecule has 19 heavy (non-hydrogen) atoms. The third-order valence-corrected chi connectivity index (χ3v) is 4.65. The molecule has 1 unspecified atom stereocenters. The maximum Gasteiger partial charge on any atom is 0.220 e. The van der Waals surface area contributed by atoms with Crippen LogP contribution >= 0.6 is 11.8 Å². The summed E-state index contributed by atoms with van der Waals surface area (Å²) in [4.78, 5) is 11.8. The molecule has 1 heterocycles. The summed E-state index contributed by atoms with van der Waals surface area (Å²) in [6, 6.07) is 8.22. The largest absolute Gasteiger partial charge is 0.387 e. The van der Waals surface area contributed by atoms with E-state index in [4.69, 9.17) is 0 Å². The molecule has 2 rings (SSSR count). The lowest BCUT2D eigenvalue weighted by Crippen LogP contribution is -2.43. The third kappa shape index (κ3) is 4.55. The molecule has 0 bridgehead atoms. The van der Waals surface area contributed by atoms with Crippen LogP contribution in [0, 0.1) is 6.92 Å². The van der Waals surface area contributed by atoms with E-state index in [9.17, 15) is 9.90 Å². The van der Waals surface area contributed by atoms with Crippen LogP contribution in [0.15, 0.2) is 24.3 Å². The molecule has 0 radical (unpaired) electrons. The van der Waals surface area contributed by atoms with Crippen LogP contribution in [0.25, 0.3) is 0 Å². The minimum Gasteiger partial charge on any atom is -0.387 e. The molecular formula is C15H21NO2S. The summed E-state index contributed by atoms with van der Waals surface area (Å²) < 4.78 is 0. The van der Waals surface area contributed by atoms with Crippen LogP contribution in [-0.2, 0) is 11.2 Å². The summed E-state index contributed by atoms with van der Waals surface area (Å²) in [7, 11) is 0. The van der Waals surface area contributed by atoms with Crippen molar-refractivity contribution in [1.29, 1.82) is 0 Å². The number of hydrogen-bond acceptors (Lipinski definition) is 3. The zero-order valence-electron chi connectivity index (χ0n) is 11.3. The number of aliphatic hydroxyl groups is 1. The minimum absolute atomic E-state index is 0.0202. The number of hydrogen-bond donors (Lipinski definition) is 2. The molecule has 0 saturated carbocycles. The summed E-state index contributed by atoms with van der Waals surface area (Å²) in [6.07, 6.45) is 2.00. The van der Waals surface area contributed by atoms with Gasteiger partial charge in [0.1, 0.15) is 0 Å². The molecular weight excluding hydrogens is 258 g/mol. The number of nitrogens with one attached hydrogen (secondary N) is 1. The topological polar surface area (TPSA) is 49.3 Å². The van der Waals surface area contributed by atoms with E-state index in [0.717, 1.165) is 24.3 Å². The van der Waals surface area contributed by atoms with Gasteiger partial charge in [-0.05, 0) is 31.1 Å². The van der Waals surface area contributed by atoms with Gasteiger partial charge in [0.15, 0.2) is 0 Å². The van der Waals surface area contributed by atoms with Gasteiger partial charge >= 0.3 is 0 Å². The summed E-state index contributed by atoms with van der Waals surface area (Å²) >= 11 is 1.74. The van der Waals surface area contributed by atoms with Crippen molar-refractivity contribution in [3.8, 4) is 0 Å². The third-order valence-electron chi connectivity index (χ3n) is 3.42. The monoisotopic (exact) mass is 279 g/mol. The Morgan fingerprint density at radius 3 is 3.05 bits per heavy atom. The molecule has 1 atom stereocenters. The summed E-state index contributed by atoms with van der Waals surface area (Å²) in [5.74, 6) is 1.73. The Hall–Kier alpha value is -1.00. The molecule has 104 valence electrons. The number of rotatable bonds is 5. The lowest BCUT2D eigenvalue weighted by atomic mass is 10.0. The molecule has 1 amide bonds. The summed E-state index contributed by atoms with van der Waals surface area (Å²) in [5.41, 5.74) is 1.71. The zero-order chi connectivity index (χ0) is 13.7. The molecule has 0 aromatic heterocycles. The molecule has 1 aliphatic heterocycles. The Labute approximate surface area is 118 Å². The number of amides is 1. The van der Waals surface area contributed by atoms with E-state index in [0.29, 0.717) is 13.0 Å². The first-order valence-corrected chi connectivity index (χ1v) is 7.85. The van der Waals surface area contributed by atoms with Gasteiger partial charge in [0.05, 0.1) is 5.60 Å². The maximum atomic E-state index is 11.8. The minimum atomic E-state index is -0.691. The van der Waals surface area contributed by atoms with Crippen molar-refractivity contribution >= 4 is 17.7 Å². The lowest BCUT2D eigenvalue weighted by molar-refractivity contribution is -0.122. The molecule has 0 spiro atoms. The molecule has 1 fully saturated rings. The van der Waals surface area contributed by atoms with E-state index in [1.54, 1.807) is 11.8 Å². The highest BCUT2D eigenvalue weighted by Gasteiger charge is 2.31. The van der Waals surface area contributed by atoms with Gasteiger partial charge in [-0.3, -0.25) is 4.79 Å². The smallest absolute Gasteiger partial charge is 0.220 e. The number of carbonyl (C=O) groups is 1. The fraction of sp³-hybridized carbons (Fsp3) is 0.533. The normalized spacial score (nSPS) is 22.4. The molecule has 0 aliphatic carbocycles. The van der Waals surface area contributed by atoms with Gasteiger partial charge in [-0.1, -0.05) is 29.8 Å². The van der Waals surface area contributed by atoms with Gasteiger partial charge in [0, 0.05) is 18.7 Å². The van der Waals surface area contributed by atoms with Crippen LogP contribution < -0.4 is 5.32 Å². The van der Waals surface area contributed by atoms with Crippen LogP contribution in [0.3, 0.4) is 0 Å². The van der Waals surface area contributed by atoms with Crippen molar-refractivity contribution in [3.05, 3.63) is 35.4 Å². The van der Waals surface area contributed by atoms with Crippen molar-refractivity contribution in [1.82, 2.24) is 5.32 Å². The van der Waals surface area contributed by atoms with Gasteiger partial charge in [-0.15, -0.1) is 0 Å². The Kier molecular flexibility index (Phi) is 4.88. The van der Waals surface area contributed by atoms with Crippen LogP contribution in [-0.4, -0.2) is 34.7 Å². The first-order valence-electron chi connectivity index (χ1n) is 6.70. The van der Waals surface area contributed by atoms with Gasteiger partial charge in [-0.25, -0.2) is 0 Å². The van der Waals surface area contributed by atoms with Gasteiger partial charge < -0.3 is 10.4 Å². The van der Waals surface area contributed by atoms with E-state index in [-0.39, 0.29) is 5.91 Å². The summed E-state index contributed by atoms with van der Waals surface area (Å²) in [6.45, 7) is 2.43. The Morgan fingerprint density at radius 2 is 2.37 bits per heavy atom. The standard InChI is InChI=1S/C15H21NO2S/c1-12-3-2-4-13(9-12)5-6-14(17)16-10-15(18)7-8-19-11-15/h2-4,9,18H,5-8,10-11H2,1H3,(H,16,17). The van der Waals surface area contributed by atoms with Crippen LogP contribution in [0.2, 0.25) is 0 Å². The van der Waals surface area contributed by atoms with Crippen LogP contribution in [0.1, 0.15) is 24.0 Å². The van der Waals surface area contributed by atoms with Crippen molar-refractivity contribution in [2.45, 2.75) is 31.8 Å². The first-order chi connectivity index (χ1) is 9.07.